The number of ether oxygens (including phenoxy) is 3. The first-order valence-electron chi connectivity index (χ1n) is 13.4. The second kappa shape index (κ2) is 13.4. The maximum Gasteiger partial charge on any atom is 0.301 e. The van der Waals surface area contributed by atoms with Gasteiger partial charge in [-0.15, -0.1) is 0 Å². The second-order valence-electron chi connectivity index (χ2n) is 9.78. The summed E-state index contributed by atoms with van der Waals surface area (Å²) in [5.74, 6) is 1.62. The number of nitrogens with one attached hydrogen (secondary N) is 1. The van der Waals surface area contributed by atoms with Crippen molar-refractivity contribution in [2.45, 2.75) is 52.0 Å². The highest BCUT2D eigenvalue weighted by atomic mass is 32.2. The summed E-state index contributed by atoms with van der Waals surface area (Å²) in [6.07, 6.45) is 12.7. The maximum atomic E-state index is 12.9. The van der Waals surface area contributed by atoms with E-state index >= 15 is 0 Å². The van der Waals surface area contributed by atoms with E-state index in [1.165, 1.54) is 6.42 Å². The molecule has 0 radical (unpaired) electrons. The summed E-state index contributed by atoms with van der Waals surface area (Å²) in [4.78, 5) is 15.1. The fraction of sp³-hybridized carbons (Fsp3) is 0.312. The van der Waals surface area contributed by atoms with Crippen LogP contribution in [0.4, 0.5) is 11.4 Å². The molecular weight excluding hydrogens is 522 g/mol. The van der Waals surface area contributed by atoms with Gasteiger partial charge in [0.15, 0.2) is 5.76 Å². The number of benzene rings is 2. The predicted molar refractivity (Wildman–Crippen MR) is 163 cm³/mol. The summed E-state index contributed by atoms with van der Waals surface area (Å²) in [6.45, 7) is 7.86. The quantitative estimate of drug-likeness (QED) is 0.145. The topological polar surface area (TPSA) is 75.1 Å². The Hall–Kier alpha value is -3.91. The van der Waals surface area contributed by atoms with Crippen LogP contribution in [0.25, 0.3) is 6.08 Å². The molecule has 0 aromatic heterocycles. The highest BCUT2D eigenvalue weighted by Crippen LogP contribution is 2.36. The highest BCUT2D eigenvalue weighted by Gasteiger charge is 2.34. The SMILES string of the molecule is C=C/C(=C\C=C(/C)N(c1ccc(OC)cc1)c1ccc(/C=C2/OC(=N)N(C3CCCCC3)SC2=O)cc1C)OC. The Morgan fingerprint density at radius 1 is 1.12 bits per heavy atom. The van der Waals surface area contributed by atoms with Crippen molar-refractivity contribution in [3.05, 3.63) is 95.6 Å². The standard InChI is InChI=1S/C32H37N3O4S/c1-6-27(37-4)16-12-23(3)34(25-14-17-28(38-5)18-15-25)29-19-13-24(20-22(29)2)21-30-31(36)40-35(32(33)39-30)26-10-8-7-9-11-26/h6,12-21,26,33H,1,7-11H2,2-5H3/b23-12+,27-16+,30-21+,33-32?. The number of rotatable bonds is 9. The molecule has 0 atom stereocenters. The normalized spacial score (nSPS) is 18.0. The number of amidine groups is 1. The van der Waals surface area contributed by atoms with Crippen LogP contribution in [0.2, 0.25) is 0 Å². The van der Waals surface area contributed by atoms with Crippen LogP contribution in [0.3, 0.4) is 0 Å². The van der Waals surface area contributed by atoms with Crippen molar-refractivity contribution in [1.29, 1.82) is 5.41 Å². The molecule has 0 unspecified atom stereocenters. The molecule has 1 aliphatic carbocycles. The molecule has 1 saturated carbocycles. The van der Waals surface area contributed by atoms with E-state index in [9.17, 15) is 4.79 Å². The Labute approximate surface area is 241 Å². The Kier molecular flexibility index (Phi) is 9.77. The predicted octanol–water partition coefficient (Wildman–Crippen LogP) is 7.88. The minimum Gasteiger partial charge on any atom is -0.497 e. The number of allylic oxidation sites excluding steroid dienone is 4. The van der Waals surface area contributed by atoms with Gasteiger partial charge in [0.1, 0.15) is 11.5 Å². The van der Waals surface area contributed by atoms with Gasteiger partial charge in [0, 0.05) is 35.1 Å². The number of carbonyl (C=O) groups excluding carboxylic acids is 1. The van der Waals surface area contributed by atoms with Crippen LogP contribution < -0.4 is 9.64 Å². The monoisotopic (exact) mass is 559 g/mol. The number of methoxy groups -OCH3 is 2. The van der Waals surface area contributed by atoms with E-state index in [4.69, 9.17) is 19.6 Å². The van der Waals surface area contributed by atoms with E-state index in [2.05, 4.69) is 11.5 Å². The van der Waals surface area contributed by atoms with Crippen LogP contribution in [0, 0.1) is 12.3 Å². The number of hydrogen-bond acceptors (Lipinski definition) is 7. The lowest BCUT2D eigenvalue weighted by molar-refractivity contribution is -0.110. The van der Waals surface area contributed by atoms with Crippen molar-refractivity contribution in [2.75, 3.05) is 19.1 Å². The van der Waals surface area contributed by atoms with E-state index in [0.29, 0.717) is 5.76 Å². The molecular formula is C32H37N3O4S. The average Bonchev–Trinajstić information content (AvgIpc) is 2.97. The van der Waals surface area contributed by atoms with Gasteiger partial charge in [0.05, 0.1) is 14.2 Å². The minimum atomic E-state index is -0.176. The first kappa shape index (κ1) is 29.1. The van der Waals surface area contributed by atoms with Crippen LogP contribution in [0.15, 0.2) is 84.5 Å². The third kappa shape index (κ3) is 6.80. The lowest BCUT2D eigenvalue weighted by Crippen LogP contribution is -2.41. The number of hydrogen-bond donors (Lipinski definition) is 1. The third-order valence-corrected chi connectivity index (χ3v) is 8.09. The smallest absolute Gasteiger partial charge is 0.301 e. The molecule has 4 rings (SSSR count). The fourth-order valence-electron chi connectivity index (χ4n) is 4.94. The second-order valence-corrected chi connectivity index (χ2v) is 10.7. The summed E-state index contributed by atoms with van der Waals surface area (Å²) in [7, 11) is 3.26. The van der Waals surface area contributed by atoms with Gasteiger partial charge in [-0.1, -0.05) is 31.9 Å². The lowest BCUT2D eigenvalue weighted by Gasteiger charge is -2.36. The molecule has 1 saturated heterocycles. The Balaban J connectivity index is 1.62. The van der Waals surface area contributed by atoms with Crippen molar-refractivity contribution in [3.63, 3.8) is 0 Å². The van der Waals surface area contributed by atoms with E-state index < -0.39 is 0 Å². The van der Waals surface area contributed by atoms with Crippen LogP contribution in [-0.4, -0.2) is 35.7 Å². The lowest BCUT2D eigenvalue weighted by atomic mass is 9.96. The molecule has 2 aliphatic rings. The Bertz CT molecular complexity index is 1340. The third-order valence-electron chi connectivity index (χ3n) is 7.06. The number of carbonyl (C=O) groups is 1. The van der Waals surface area contributed by atoms with E-state index in [1.807, 2.05) is 68.5 Å². The zero-order valence-electron chi connectivity index (χ0n) is 23.6. The minimum absolute atomic E-state index is 0.0329. The number of aryl methyl sites for hydroxylation is 1. The Morgan fingerprint density at radius 3 is 2.48 bits per heavy atom. The summed E-state index contributed by atoms with van der Waals surface area (Å²) in [6, 6.07) is 14.1. The molecule has 1 N–H and O–H groups in total. The zero-order chi connectivity index (χ0) is 28.6. The fourth-order valence-corrected chi connectivity index (χ4v) is 5.79. The van der Waals surface area contributed by atoms with Crippen molar-refractivity contribution < 1.29 is 19.0 Å². The molecule has 1 heterocycles. The summed E-state index contributed by atoms with van der Waals surface area (Å²) >= 11 is 1.08. The zero-order valence-corrected chi connectivity index (χ0v) is 24.4. The molecule has 40 heavy (non-hydrogen) atoms. The van der Waals surface area contributed by atoms with Crippen LogP contribution in [-0.2, 0) is 14.3 Å². The molecule has 2 fully saturated rings. The summed E-state index contributed by atoms with van der Waals surface area (Å²) in [5, 5.41) is 8.24. The van der Waals surface area contributed by atoms with Gasteiger partial charge in [-0.25, -0.2) is 0 Å². The molecule has 2 aromatic carbocycles. The van der Waals surface area contributed by atoms with Gasteiger partial charge in [-0.2, -0.15) is 0 Å². The van der Waals surface area contributed by atoms with Crippen LogP contribution in [0.1, 0.15) is 50.2 Å². The first-order valence-corrected chi connectivity index (χ1v) is 14.2. The van der Waals surface area contributed by atoms with Crippen molar-refractivity contribution in [1.82, 2.24) is 4.31 Å². The summed E-state index contributed by atoms with van der Waals surface area (Å²) < 4.78 is 18.2. The van der Waals surface area contributed by atoms with E-state index in [0.717, 1.165) is 71.6 Å². The van der Waals surface area contributed by atoms with Gasteiger partial charge >= 0.3 is 6.02 Å². The van der Waals surface area contributed by atoms with Gasteiger partial charge < -0.3 is 19.1 Å². The molecule has 1 aliphatic heterocycles. The van der Waals surface area contributed by atoms with E-state index in [-0.39, 0.29) is 22.9 Å². The van der Waals surface area contributed by atoms with Crippen LogP contribution in [0.5, 0.6) is 5.75 Å². The number of anilines is 2. The molecule has 0 amide bonds. The first-order chi connectivity index (χ1) is 19.3. The van der Waals surface area contributed by atoms with E-state index in [1.54, 1.807) is 30.7 Å². The van der Waals surface area contributed by atoms with Crippen molar-refractivity contribution >= 4 is 40.5 Å². The van der Waals surface area contributed by atoms with Gasteiger partial charge in [-0.05, 0) is 98.5 Å². The largest absolute Gasteiger partial charge is 0.497 e. The van der Waals surface area contributed by atoms with Crippen LogP contribution >= 0.6 is 11.9 Å². The Morgan fingerprint density at radius 2 is 1.85 bits per heavy atom. The number of nitrogens with zero attached hydrogens (tertiary/aromatic N) is 2. The molecule has 0 bridgehead atoms. The molecule has 210 valence electrons. The average molecular weight is 560 g/mol. The van der Waals surface area contributed by atoms with Crippen molar-refractivity contribution in [3.8, 4) is 5.75 Å². The maximum absolute atomic E-state index is 12.9. The van der Waals surface area contributed by atoms with Gasteiger partial charge in [0.2, 0.25) is 0 Å². The highest BCUT2D eigenvalue weighted by molar-refractivity contribution is 8.12. The molecule has 7 nitrogen and oxygen atoms in total. The molecule has 8 heteroatoms. The summed E-state index contributed by atoms with van der Waals surface area (Å²) in [5.41, 5.74) is 4.75. The van der Waals surface area contributed by atoms with Gasteiger partial charge in [0.25, 0.3) is 5.12 Å². The molecule has 2 aromatic rings. The van der Waals surface area contributed by atoms with Gasteiger partial charge in [-0.3, -0.25) is 14.5 Å². The van der Waals surface area contributed by atoms with Crippen molar-refractivity contribution in [2.24, 2.45) is 0 Å². The molecule has 0 spiro atoms.